The van der Waals surface area contributed by atoms with E-state index in [-0.39, 0.29) is 30.5 Å². The predicted molar refractivity (Wildman–Crippen MR) is 103 cm³/mol. The number of hydroxylamine groups is 1. The minimum Gasteiger partial charge on any atom is -0.324 e. The number of nitrogens with one attached hydrogen (secondary N) is 2. The van der Waals surface area contributed by atoms with E-state index in [1.165, 1.54) is 0 Å². The smallest absolute Gasteiger partial charge is 0.324 e. The zero-order valence-electron chi connectivity index (χ0n) is 17.0. The van der Waals surface area contributed by atoms with Crippen molar-refractivity contribution >= 4 is 17.5 Å². The second kappa shape index (κ2) is 10.0. The van der Waals surface area contributed by atoms with Crippen LogP contribution in [0.4, 0.5) is 32.0 Å². The lowest BCUT2D eigenvalue weighted by atomic mass is 10.0. The van der Waals surface area contributed by atoms with Gasteiger partial charge < -0.3 is 5.32 Å². The van der Waals surface area contributed by atoms with Gasteiger partial charge in [0, 0.05) is 11.3 Å². The summed E-state index contributed by atoms with van der Waals surface area (Å²) in [5.41, 5.74) is -1.97. The molecule has 0 aliphatic carbocycles. The summed E-state index contributed by atoms with van der Waals surface area (Å²) in [6.07, 6.45) is -11.3. The summed E-state index contributed by atoms with van der Waals surface area (Å²) < 4.78 is 77.9. The van der Waals surface area contributed by atoms with Crippen molar-refractivity contribution in [1.29, 1.82) is 0 Å². The third-order valence-electron chi connectivity index (χ3n) is 4.16. The first-order valence-corrected chi connectivity index (χ1v) is 9.38. The molecule has 2 rings (SSSR count). The normalized spacial score (nSPS) is 13.0. The zero-order valence-corrected chi connectivity index (χ0v) is 17.0. The largest absolute Gasteiger partial charge is 0.416 e. The van der Waals surface area contributed by atoms with Crippen LogP contribution in [0.15, 0.2) is 48.5 Å². The quantitative estimate of drug-likeness (QED) is 0.426. The van der Waals surface area contributed by atoms with E-state index in [1.807, 2.05) is 0 Å². The van der Waals surface area contributed by atoms with Gasteiger partial charge in [0.25, 0.3) is 11.8 Å². The summed E-state index contributed by atoms with van der Waals surface area (Å²) >= 11 is 0. The van der Waals surface area contributed by atoms with E-state index in [1.54, 1.807) is 49.7 Å². The van der Waals surface area contributed by atoms with Gasteiger partial charge >= 0.3 is 12.4 Å². The van der Waals surface area contributed by atoms with Crippen LogP contribution in [0.1, 0.15) is 41.8 Å². The number of hydrogen-bond acceptors (Lipinski definition) is 3. The Morgan fingerprint density at radius 3 is 1.91 bits per heavy atom. The van der Waals surface area contributed by atoms with Crippen LogP contribution in [0, 0.1) is 5.92 Å². The van der Waals surface area contributed by atoms with E-state index >= 15 is 0 Å². The van der Waals surface area contributed by atoms with E-state index < -0.39 is 47.0 Å². The van der Waals surface area contributed by atoms with Crippen LogP contribution in [0.25, 0.3) is 0 Å². The molecule has 1 atom stereocenters. The van der Waals surface area contributed by atoms with Gasteiger partial charge in [0.2, 0.25) is 0 Å². The number of benzene rings is 2. The summed E-state index contributed by atoms with van der Waals surface area (Å²) in [6, 6.07) is 8.72. The Labute approximate surface area is 179 Å². The predicted octanol–water partition coefficient (Wildman–Crippen LogP) is 5.44. The second-order valence-electron chi connectivity index (χ2n) is 7.32. The fourth-order valence-corrected chi connectivity index (χ4v) is 2.65. The van der Waals surface area contributed by atoms with E-state index in [0.29, 0.717) is 5.69 Å². The molecule has 0 spiro atoms. The van der Waals surface area contributed by atoms with Gasteiger partial charge in [0.15, 0.2) is 6.10 Å². The molecule has 0 saturated carbocycles. The first-order chi connectivity index (χ1) is 14.8. The third-order valence-corrected chi connectivity index (χ3v) is 4.16. The molecular formula is C21H20F6N2O3. The molecule has 32 heavy (non-hydrogen) atoms. The van der Waals surface area contributed by atoms with Crippen LogP contribution in [-0.2, 0) is 22.0 Å². The summed E-state index contributed by atoms with van der Waals surface area (Å²) in [4.78, 5) is 29.8. The van der Waals surface area contributed by atoms with Crippen molar-refractivity contribution in [3.05, 3.63) is 65.2 Å². The number of para-hydroxylation sites is 1. The number of amides is 2. The van der Waals surface area contributed by atoms with Gasteiger partial charge in [-0.1, -0.05) is 32.0 Å². The molecule has 0 aliphatic heterocycles. The molecule has 2 N–H and O–H groups in total. The first kappa shape index (κ1) is 25.2. The van der Waals surface area contributed by atoms with Gasteiger partial charge in [-0.05, 0) is 42.7 Å². The Morgan fingerprint density at radius 2 is 1.44 bits per heavy atom. The van der Waals surface area contributed by atoms with Crippen LogP contribution >= 0.6 is 0 Å². The average Bonchev–Trinajstić information content (AvgIpc) is 2.69. The number of carbonyl (C=O) groups excluding carboxylic acids is 2. The van der Waals surface area contributed by atoms with Crippen molar-refractivity contribution in [2.75, 3.05) is 5.32 Å². The van der Waals surface area contributed by atoms with Gasteiger partial charge in [-0.3, -0.25) is 14.4 Å². The highest BCUT2D eigenvalue weighted by Crippen LogP contribution is 2.36. The first-order valence-electron chi connectivity index (χ1n) is 9.38. The molecule has 0 aliphatic rings. The van der Waals surface area contributed by atoms with Crippen molar-refractivity contribution in [2.45, 2.75) is 38.7 Å². The van der Waals surface area contributed by atoms with Gasteiger partial charge in [-0.15, -0.1) is 0 Å². The Hall–Kier alpha value is -3.08. The standard InChI is InChI=1S/C21H20F6N2O3/c1-12(2)8-17(19(31)28-16-6-4-3-5-7-16)32-29-18(30)13-9-14(20(22,23)24)11-15(10-13)21(25,26)27/h3-7,9-12,17H,8H2,1-2H3,(H,28,31)(H,29,30)/t17-/m1/s1. The monoisotopic (exact) mass is 462 g/mol. The number of alkyl halides is 6. The number of carbonyl (C=O) groups is 2. The van der Waals surface area contributed by atoms with Crippen LogP contribution in [0.5, 0.6) is 0 Å². The lowest BCUT2D eigenvalue weighted by molar-refractivity contribution is -0.143. The molecule has 0 fully saturated rings. The highest BCUT2D eigenvalue weighted by Gasteiger charge is 2.37. The molecule has 11 heteroatoms. The summed E-state index contributed by atoms with van der Waals surface area (Å²) in [6.45, 7) is 3.52. The topological polar surface area (TPSA) is 67.4 Å². The summed E-state index contributed by atoms with van der Waals surface area (Å²) in [7, 11) is 0. The van der Waals surface area contributed by atoms with Crippen molar-refractivity contribution in [3.63, 3.8) is 0 Å². The van der Waals surface area contributed by atoms with Crippen LogP contribution < -0.4 is 10.8 Å². The molecule has 0 aromatic heterocycles. The maximum atomic E-state index is 13.0. The molecule has 0 saturated heterocycles. The molecule has 174 valence electrons. The number of halogens is 6. The zero-order chi connectivity index (χ0) is 24.1. The van der Waals surface area contributed by atoms with Crippen molar-refractivity contribution in [2.24, 2.45) is 5.92 Å². The van der Waals surface area contributed by atoms with Crippen molar-refractivity contribution < 1.29 is 40.8 Å². The van der Waals surface area contributed by atoms with Crippen molar-refractivity contribution in [3.8, 4) is 0 Å². The molecule has 2 aromatic carbocycles. The molecule has 0 heterocycles. The Kier molecular flexibility index (Phi) is 7.89. The molecular weight excluding hydrogens is 442 g/mol. The van der Waals surface area contributed by atoms with Gasteiger partial charge in [-0.25, -0.2) is 5.48 Å². The Morgan fingerprint density at radius 1 is 0.906 bits per heavy atom. The molecule has 0 radical (unpaired) electrons. The highest BCUT2D eigenvalue weighted by atomic mass is 19.4. The maximum Gasteiger partial charge on any atom is 0.416 e. The number of hydrogen-bond donors (Lipinski definition) is 2. The Bertz CT molecular complexity index is 911. The summed E-state index contributed by atoms with van der Waals surface area (Å²) in [5, 5.41) is 2.56. The van der Waals surface area contributed by atoms with Crippen LogP contribution in [-0.4, -0.2) is 17.9 Å². The maximum absolute atomic E-state index is 13.0. The molecule has 2 aromatic rings. The number of anilines is 1. The number of rotatable bonds is 7. The SMILES string of the molecule is CC(C)C[C@@H](ONC(=O)c1cc(C(F)(F)F)cc(C(F)(F)F)c1)C(=O)Nc1ccccc1. The lowest BCUT2D eigenvalue weighted by Gasteiger charge is -2.20. The fourth-order valence-electron chi connectivity index (χ4n) is 2.65. The third kappa shape index (κ3) is 7.26. The second-order valence-corrected chi connectivity index (χ2v) is 7.32. The minimum absolute atomic E-state index is 0.0798. The van der Waals surface area contributed by atoms with Crippen LogP contribution in [0.2, 0.25) is 0 Å². The molecule has 0 bridgehead atoms. The van der Waals surface area contributed by atoms with Crippen LogP contribution in [0.3, 0.4) is 0 Å². The van der Waals surface area contributed by atoms with E-state index in [0.717, 1.165) is 0 Å². The minimum atomic E-state index is -5.10. The fraction of sp³-hybridized carbons (Fsp3) is 0.333. The van der Waals surface area contributed by atoms with Gasteiger partial charge in [-0.2, -0.15) is 26.3 Å². The average molecular weight is 462 g/mol. The summed E-state index contributed by atoms with van der Waals surface area (Å²) in [5.74, 6) is -2.09. The Balaban J connectivity index is 2.20. The van der Waals surface area contributed by atoms with Gasteiger partial charge in [0.1, 0.15) is 0 Å². The van der Waals surface area contributed by atoms with Gasteiger partial charge in [0.05, 0.1) is 11.1 Å². The van der Waals surface area contributed by atoms with E-state index in [2.05, 4.69) is 5.32 Å². The molecule has 2 amide bonds. The van der Waals surface area contributed by atoms with Crippen molar-refractivity contribution in [1.82, 2.24) is 5.48 Å². The van der Waals surface area contributed by atoms with E-state index in [4.69, 9.17) is 4.84 Å². The highest BCUT2D eigenvalue weighted by molar-refractivity contribution is 5.95. The lowest BCUT2D eigenvalue weighted by Crippen LogP contribution is -2.38. The molecule has 0 unspecified atom stereocenters. The molecule has 5 nitrogen and oxygen atoms in total. The van der Waals surface area contributed by atoms with E-state index in [9.17, 15) is 35.9 Å².